The van der Waals surface area contributed by atoms with E-state index < -0.39 is 22.0 Å². The number of fused-ring (bicyclic) bond motifs is 1. The standard InChI is InChI=1S/C18H18ClN3O5S/c1-11(23)20-13-4-3-5-14(9-13)21-18(24)17-10-22(28(2,25)26)15-8-12(19)6-7-16(15)27-17/h3-9,17H,10H2,1-2H3,(H,20,23)(H,21,24). The first-order valence-corrected chi connectivity index (χ1v) is 10.5. The zero-order valence-electron chi connectivity index (χ0n) is 15.1. The molecule has 1 heterocycles. The maximum Gasteiger partial charge on any atom is 0.267 e. The molecule has 0 fully saturated rings. The number of amides is 2. The summed E-state index contributed by atoms with van der Waals surface area (Å²) in [6.45, 7) is 1.19. The van der Waals surface area contributed by atoms with Crippen molar-refractivity contribution in [2.24, 2.45) is 0 Å². The van der Waals surface area contributed by atoms with E-state index in [-0.39, 0.29) is 23.9 Å². The predicted octanol–water partition coefficient (Wildman–Crippen LogP) is 2.46. The molecule has 1 aliphatic heterocycles. The Bertz CT molecular complexity index is 1040. The maximum atomic E-state index is 12.7. The molecule has 2 aromatic rings. The van der Waals surface area contributed by atoms with Gasteiger partial charge in [0, 0.05) is 23.3 Å². The molecule has 8 nitrogen and oxygen atoms in total. The number of nitrogens with one attached hydrogen (secondary N) is 2. The van der Waals surface area contributed by atoms with E-state index in [0.717, 1.165) is 10.6 Å². The third kappa shape index (κ3) is 4.55. The van der Waals surface area contributed by atoms with Gasteiger partial charge in [0.1, 0.15) is 5.75 Å². The van der Waals surface area contributed by atoms with Crippen LogP contribution in [0.15, 0.2) is 42.5 Å². The van der Waals surface area contributed by atoms with E-state index in [1.54, 1.807) is 30.3 Å². The van der Waals surface area contributed by atoms with E-state index in [4.69, 9.17) is 16.3 Å². The average molecular weight is 424 g/mol. The number of carbonyl (C=O) groups is 2. The zero-order chi connectivity index (χ0) is 20.5. The Morgan fingerprint density at radius 3 is 2.46 bits per heavy atom. The fourth-order valence-electron chi connectivity index (χ4n) is 2.78. The highest BCUT2D eigenvalue weighted by molar-refractivity contribution is 7.92. The van der Waals surface area contributed by atoms with Crippen molar-refractivity contribution in [3.8, 4) is 5.75 Å². The number of ether oxygens (including phenoxy) is 1. The highest BCUT2D eigenvalue weighted by Crippen LogP contribution is 2.37. The van der Waals surface area contributed by atoms with Gasteiger partial charge in [-0.15, -0.1) is 0 Å². The molecule has 2 N–H and O–H groups in total. The van der Waals surface area contributed by atoms with Crippen LogP contribution in [-0.4, -0.2) is 39.1 Å². The SMILES string of the molecule is CC(=O)Nc1cccc(NC(=O)C2CN(S(C)(=O)=O)c3cc(Cl)ccc3O2)c1. The Labute approximate surface area is 167 Å². The number of nitrogens with zero attached hydrogens (tertiary/aromatic N) is 1. The molecule has 3 rings (SSSR count). The van der Waals surface area contributed by atoms with E-state index in [9.17, 15) is 18.0 Å². The molecule has 0 aliphatic carbocycles. The minimum atomic E-state index is -3.65. The van der Waals surface area contributed by atoms with Crippen molar-refractivity contribution in [2.75, 3.05) is 27.7 Å². The molecule has 1 aliphatic rings. The molecule has 10 heteroatoms. The van der Waals surface area contributed by atoms with E-state index in [2.05, 4.69) is 10.6 Å². The van der Waals surface area contributed by atoms with Gasteiger partial charge in [0.15, 0.2) is 6.10 Å². The highest BCUT2D eigenvalue weighted by atomic mass is 35.5. The molecule has 0 spiro atoms. The number of benzene rings is 2. The van der Waals surface area contributed by atoms with Crippen molar-refractivity contribution in [2.45, 2.75) is 13.0 Å². The van der Waals surface area contributed by atoms with Crippen LogP contribution in [0.4, 0.5) is 17.1 Å². The lowest BCUT2D eigenvalue weighted by Crippen LogP contribution is -2.48. The summed E-state index contributed by atoms with van der Waals surface area (Å²) in [4.78, 5) is 23.9. The molecule has 0 aromatic heterocycles. The first kappa shape index (κ1) is 20.0. The van der Waals surface area contributed by atoms with Crippen molar-refractivity contribution in [3.05, 3.63) is 47.5 Å². The van der Waals surface area contributed by atoms with Gasteiger partial charge in [-0.25, -0.2) is 8.42 Å². The number of carbonyl (C=O) groups excluding carboxylic acids is 2. The summed E-state index contributed by atoms with van der Waals surface area (Å²) in [7, 11) is -3.65. The van der Waals surface area contributed by atoms with E-state index in [1.165, 1.54) is 19.1 Å². The molecule has 2 aromatic carbocycles. The number of rotatable bonds is 4. The van der Waals surface area contributed by atoms with Gasteiger partial charge in [-0.1, -0.05) is 17.7 Å². The molecule has 28 heavy (non-hydrogen) atoms. The van der Waals surface area contributed by atoms with Gasteiger partial charge in [0.05, 0.1) is 18.5 Å². The Balaban J connectivity index is 1.83. The molecule has 1 unspecified atom stereocenters. The summed E-state index contributed by atoms with van der Waals surface area (Å²) < 4.78 is 31.2. The monoisotopic (exact) mass is 423 g/mol. The first-order valence-electron chi connectivity index (χ1n) is 8.26. The predicted molar refractivity (Wildman–Crippen MR) is 107 cm³/mol. The summed E-state index contributed by atoms with van der Waals surface area (Å²) in [5.74, 6) is -0.513. The third-order valence-electron chi connectivity index (χ3n) is 3.93. The number of hydrogen-bond donors (Lipinski definition) is 2. The molecule has 2 amide bonds. The number of sulfonamides is 1. The van der Waals surface area contributed by atoms with Crippen molar-refractivity contribution in [3.63, 3.8) is 0 Å². The van der Waals surface area contributed by atoms with Crippen LogP contribution in [0.3, 0.4) is 0 Å². The lowest BCUT2D eigenvalue weighted by atomic mass is 10.2. The highest BCUT2D eigenvalue weighted by Gasteiger charge is 2.35. The topological polar surface area (TPSA) is 105 Å². The Hall–Kier alpha value is -2.78. The fourth-order valence-corrected chi connectivity index (χ4v) is 3.85. The van der Waals surface area contributed by atoms with Crippen molar-refractivity contribution < 1.29 is 22.7 Å². The van der Waals surface area contributed by atoms with Crippen molar-refractivity contribution in [1.82, 2.24) is 0 Å². The Morgan fingerprint density at radius 1 is 1.14 bits per heavy atom. The summed E-state index contributed by atoms with van der Waals surface area (Å²) in [5.41, 5.74) is 1.24. The molecule has 0 bridgehead atoms. The smallest absolute Gasteiger partial charge is 0.267 e. The summed E-state index contributed by atoms with van der Waals surface area (Å²) >= 11 is 5.96. The molecule has 0 saturated carbocycles. The van der Waals surface area contributed by atoms with Gasteiger partial charge >= 0.3 is 0 Å². The van der Waals surface area contributed by atoms with Gasteiger partial charge in [0.25, 0.3) is 5.91 Å². The summed E-state index contributed by atoms with van der Waals surface area (Å²) in [6, 6.07) is 11.1. The second kappa shape index (κ2) is 7.69. The fraction of sp³-hybridized carbons (Fsp3) is 0.222. The quantitative estimate of drug-likeness (QED) is 0.785. The van der Waals surface area contributed by atoms with Crippen LogP contribution in [-0.2, 0) is 19.6 Å². The molecule has 1 atom stereocenters. The van der Waals surface area contributed by atoms with Crippen LogP contribution in [0.1, 0.15) is 6.92 Å². The van der Waals surface area contributed by atoms with Crippen LogP contribution in [0.25, 0.3) is 0 Å². The molecular formula is C18H18ClN3O5S. The van der Waals surface area contributed by atoms with Crippen LogP contribution in [0.5, 0.6) is 5.75 Å². The lowest BCUT2D eigenvalue weighted by Gasteiger charge is -2.34. The Morgan fingerprint density at radius 2 is 1.82 bits per heavy atom. The van der Waals surface area contributed by atoms with E-state index >= 15 is 0 Å². The van der Waals surface area contributed by atoms with Crippen molar-refractivity contribution >= 4 is 50.5 Å². The maximum absolute atomic E-state index is 12.7. The number of halogens is 1. The van der Waals surface area contributed by atoms with Gasteiger partial charge < -0.3 is 15.4 Å². The zero-order valence-corrected chi connectivity index (χ0v) is 16.7. The van der Waals surface area contributed by atoms with E-state index in [0.29, 0.717) is 16.4 Å². The van der Waals surface area contributed by atoms with Crippen LogP contribution in [0.2, 0.25) is 5.02 Å². The van der Waals surface area contributed by atoms with Gasteiger partial charge in [-0.3, -0.25) is 13.9 Å². The number of hydrogen-bond acceptors (Lipinski definition) is 5. The Kier molecular flexibility index (Phi) is 5.48. The minimum absolute atomic E-state index is 0.191. The van der Waals surface area contributed by atoms with Gasteiger partial charge in [0.2, 0.25) is 15.9 Å². The van der Waals surface area contributed by atoms with E-state index in [1.807, 2.05) is 0 Å². The first-order chi connectivity index (χ1) is 13.1. The molecule has 0 saturated heterocycles. The summed E-state index contributed by atoms with van der Waals surface area (Å²) in [5, 5.41) is 5.65. The molecule has 148 valence electrons. The molecular weight excluding hydrogens is 406 g/mol. The molecule has 0 radical (unpaired) electrons. The third-order valence-corrected chi connectivity index (χ3v) is 5.32. The van der Waals surface area contributed by atoms with Crippen LogP contribution in [0, 0.1) is 0 Å². The van der Waals surface area contributed by atoms with Crippen molar-refractivity contribution in [1.29, 1.82) is 0 Å². The van der Waals surface area contributed by atoms with Gasteiger partial charge in [-0.05, 0) is 36.4 Å². The van der Waals surface area contributed by atoms with Crippen LogP contribution < -0.4 is 19.7 Å². The second-order valence-corrected chi connectivity index (χ2v) is 8.61. The summed E-state index contributed by atoms with van der Waals surface area (Å²) in [6.07, 6.45) is -0.0117. The number of anilines is 3. The lowest BCUT2D eigenvalue weighted by molar-refractivity contribution is -0.122. The average Bonchev–Trinajstić information content (AvgIpc) is 2.59. The minimum Gasteiger partial charge on any atom is -0.476 e. The second-order valence-electron chi connectivity index (χ2n) is 6.26. The normalized spacial score (nSPS) is 16.0. The van der Waals surface area contributed by atoms with Crippen LogP contribution >= 0.6 is 11.6 Å². The largest absolute Gasteiger partial charge is 0.476 e. The van der Waals surface area contributed by atoms with Gasteiger partial charge in [-0.2, -0.15) is 0 Å².